The third kappa shape index (κ3) is 4.69. The molecule has 0 bridgehead atoms. The predicted octanol–water partition coefficient (Wildman–Crippen LogP) is 4.20. The number of hydrogen-bond acceptors (Lipinski definition) is 1. The summed E-state index contributed by atoms with van der Waals surface area (Å²) in [6.07, 6.45) is 2.04. The first-order chi connectivity index (χ1) is 10.6. The molecule has 2 aromatic carbocycles. The molecule has 1 amide bonds. The average molecular weight is 299 g/mol. The molecular formula is C19H22FNO. The summed E-state index contributed by atoms with van der Waals surface area (Å²) < 4.78 is 12.8. The smallest absolute Gasteiger partial charge is 0.220 e. The maximum Gasteiger partial charge on any atom is 0.220 e. The fraction of sp³-hybridized carbons (Fsp3) is 0.316. The Kier molecular flexibility index (Phi) is 5.70. The van der Waals surface area contributed by atoms with Crippen LogP contribution in [-0.4, -0.2) is 5.91 Å². The fourth-order valence-electron chi connectivity index (χ4n) is 2.35. The number of benzene rings is 2. The molecule has 0 saturated carbocycles. The number of aryl methyl sites for hydroxylation is 2. The minimum atomic E-state index is -0.252. The highest BCUT2D eigenvalue weighted by atomic mass is 19.1. The fourth-order valence-corrected chi connectivity index (χ4v) is 2.35. The lowest BCUT2D eigenvalue weighted by Crippen LogP contribution is -2.26. The van der Waals surface area contributed by atoms with Crippen molar-refractivity contribution in [3.8, 4) is 0 Å². The first-order valence-corrected chi connectivity index (χ1v) is 7.71. The van der Waals surface area contributed by atoms with E-state index in [2.05, 4.69) is 36.5 Å². The Bertz CT molecular complexity index is 604. The lowest BCUT2D eigenvalue weighted by atomic mass is 10.0. The van der Waals surface area contributed by atoms with E-state index in [1.807, 2.05) is 6.92 Å². The van der Waals surface area contributed by atoms with Crippen LogP contribution >= 0.6 is 0 Å². The first-order valence-electron chi connectivity index (χ1n) is 7.71. The molecule has 22 heavy (non-hydrogen) atoms. The molecule has 0 aliphatic rings. The van der Waals surface area contributed by atoms with Gasteiger partial charge in [-0.1, -0.05) is 43.3 Å². The molecule has 0 spiro atoms. The minimum Gasteiger partial charge on any atom is -0.350 e. The van der Waals surface area contributed by atoms with Crippen LogP contribution in [-0.2, 0) is 17.6 Å². The number of halogens is 1. The van der Waals surface area contributed by atoms with Gasteiger partial charge in [0.15, 0.2) is 0 Å². The Labute approximate surface area is 131 Å². The zero-order chi connectivity index (χ0) is 15.9. The van der Waals surface area contributed by atoms with Gasteiger partial charge in [0.2, 0.25) is 5.91 Å². The molecule has 116 valence electrons. The highest BCUT2D eigenvalue weighted by molar-refractivity contribution is 5.76. The quantitative estimate of drug-likeness (QED) is 0.851. The van der Waals surface area contributed by atoms with Gasteiger partial charge in [0.1, 0.15) is 5.82 Å². The van der Waals surface area contributed by atoms with Crippen LogP contribution in [0.3, 0.4) is 0 Å². The number of carbonyl (C=O) groups excluding carboxylic acids is 1. The van der Waals surface area contributed by atoms with Gasteiger partial charge in [-0.3, -0.25) is 4.79 Å². The van der Waals surface area contributed by atoms with Gasteiger partial charge in [0, 0.05) is 6.42 Å². The molecule has 2 nitrogen and oxygen atoms in total. The third-order valence-corrected chi connectivity index (χ3v) is 3.82. The Morgan fingerprint density at radius 2 is 1.64 bits per heavy atom. The Morgan fingerprint density at radius 3 is 2.23 bits per heavy atom. The number of carbonyl (C=O) groups is 1. The summed E-state index contributed by atoms with van der Waals surface area (Å²) in [5, 5.41) is 3.00. The number of amides is 1. The van der Waals surface area contributed by atoms with E-state index in [0.29, 0.717) is 12.8 Å². The summed E-state index contributed by atoms with van der Waals surface area (Å²) in [7, 11) is 0. The topological polar surface area (TPSA) is 29.1 Å². The molecule has 2 rings (SSSR count). The Balaban J connectivity index is 1.83. The van der Waals surface area contributed by atoms with Crippen LogP contribution in [0.25, 0.3) is 0 Å². The van der Waals surface area contributed by atoms with Crippen molar-refractivity contribution in [2.24, 2.45) is 0 Å². The van der Waals surface area contributed by atoms with Gasteiger partial charge >= 0.3 is 0 Å². The molecule has 0 fully saturated rings. The van der Waals surface area contributed by atoms with E-state index >= 15 is 0 Å². The third-order valence-electron chi connectivity index (χ3n) is 3.82. The minimum absolute atomic E-state index is 0.00776. The van der Waals surface area contributed by atoms with Gasteiger partial charge in [0.05, 0.1) is 6.04 Å². The summed E-state index contributed by atoms with van der Waals surface area (Å²) in [5.41, 5.74) is 3.36. The van der Waals surface area contributed by atoms with E-state index < -0.39 is 0 Å². The van der Waals surface area contributed by atoms with Crippen molar-refractivity contribution in [2.45, 2.75) is 39.2 Å². The van der Waals surface area contributed by atoms with E-state index in [0.717, 1.165) is 17.5 Å². The average Bonchev–Trinajstić information content (AvgIpc) is 2.54. The van der Waals surface area contributed by atoms with E-state index in [1.54, 1.807) is 12.1 Å². The molecule has 0 aliphatic carbocycles. The molecule has 1 atom stereocenters. The highest BCUT2D eigenvalue weighted by Gasteiger charge is 2.09. The molecule has 1 N–H and O–H groups in total. The van der Waals surface area contributed by atoms with Gasteiger partial charge in [-0.25, -0.2) is 4.39 Å². The van der Waals surface area contributed by atoms with E-state index in [-0.39, 0.29) is 17.8 Å². The summed E-state index contributed by atoms with van der Waals surface area (Å²) in [6, 6.07) is 14.6. The van der Waals surface area contributed by atoms with Gasteiger partial charge in [-0.05, 0) is 48.6 Å². The van der Waals surface area contributed by atoms with Crippen LogP contribution in [0.1, 0.15) is 43.0 Å². The van der Waals surface area contributed by atoms with E-state index in [1.165, 1.54) is 17.7 Å². The predicted molar refractivity (Wildman–Crippen MR) is 87.1 cm³/mol. The van der Waals surface area contributed by atoms with Crippen molar-refractivity contribution in [1.82, 2.24) is 5.32 Å². The van der Waals surface area contributed by atoms with E-state index in [4.69, 9.17) is 0 Å². The monoisotopic (exact) mass is 299 g/mol. The molecule has 0 saturated heterocycles. The molecule has 0 unspecified atom stereocenters. The first kappa shape index (κ1) is 16.2. The van der Waals surface area contributed by atoms with E-state index in [9.17, 15) is 9.18 Å². The SMILES string of the molecule is CCc1ccc([C@@H](C)NC(=O)CCc2ccc(F)cc2)cc1. The van der Waals surface area contributed by atoms with Crippen LogP contribution in [0.4, 0.5) is 4.39 Å². The number of nitrogens with one attached hydrogen (secondary N) is 1. The van der Waals surface area contributed by atoms with Crippen molar-refractivity contribution in [2.75, 3.05) is 0 Å². The summed E-state index contributed by atoms with van der Waals surface area (Å²) >= 11 is 0. The molecule has 0 radical (unpaired) electrons. The second-order valence-corrected chi connectivity index (χ2v) is 5.51. The number of rotatable bonds is 6. The zero-order valence-electron chi connectivity index (χ0n) is 13.1. The number of hydrogen-bond donors (Lipinski definition) is 1. The largest absolute Gasteiger partial charge is 0.350 e. The maximum absolute atomic E-state index is 12.8. The molecule has 0 aromatic heterocycles. The normalized spacial score (nSPS) is 12.0. The molecule has 0 heterocycles. The maximum atomic E-state index is 12.8. The lowest BCUT2D eigenvalue weighted by Gasteiger charge is -2.15. The second-order valence-electron chi connectivity index (χ2n) is 5.51. The van der Waals surface area contributed by atoms with Crippen molar-refractivity contribution in [1.29, 1.82) is 0 Å². The molecule has 0 aliphatic heterocycles. The lowest BCUT2D eigenvalue weighted by molar-refractivity contribution is -0.121. The van der Waals surface area contributed by atoms with Gasteiger partial charge in [-0.2, -0.15) is 0 Å². The van der Waals surface area contributed by atoms with Crippen LogP contribution in [0.5, 0.6) is 0 Å². The van der Waals surface area contributed by atoms with Gasteiger partial charge in [0.25, 0.3) is 0 Å². The molecular weight excluding hydrogens is 277 g/mol. The Hall–Kier alpha value is -2.16. The van der Waals surface area contributed by atoms with Crippen LogP contribution in [0.15, 0.2) is 48.5 Å². The van der Waals surface area contributed by atoms with Crippen molar-refractivity contribution in [3.05, 3.63) is 71.0 Å². The summed E-state index contributed by atoms with van der Waals surface area (Å²) in [6.45, 7) is 4.10. The highest BCUT2D eigenvalue weighted by Crippen LogP contribution is 2.14. The standard InChI is InChI=1S/C19H22FNO/c1-3-15-4-9-17(10-5-15)14(2)21-19(22)13-8-16-6-11-18(20)12-7-16/h4-7,9-12,14H,3,8,13H2,1-2H3,(H,21,22)/t14-/m1/s1. The van der Waals surface area contributed by atoms with Gasteiger partial charge < -0.3 is 5.32 Å². The van der Waals surface area contributed by atoms with Crippen LogP contribution < -0.4 is 5.32 Å². The Morgan fingerprint density at radius 1 is 1.05 bits per heavy atom. The molecule has 3 heteroatoms. The van der Waals surface area contributed by atoms with Crippen molar-refractivity contribution >= 4 is 5.91 Å². The zero-order valence-corrected chi connectivity index (χ0v) is 13.1. The second kappa shape index (κ2) is 7.74. The van der Waals surface area contributed by atoms with Crippen LogP contribution in [0.2, 0.25) is 0 Å². The summed E-state index contributed by atoms with van der Waals surface area (Å²) in [5.74, 6) is -0.242. The molecule has 2 aromatic rings. The van der Waals surface area contributed by atoms with Crippen LogP contribution in [0, 0.1) is 5.82 Å². The summed E-state index contributed by atoms with van der Waals surface area (Å²) in [4.78, 5) is 12.0. The van der Waals surface area contributed by atoms with Crippen molar-refractivity contribution < 1.29 is 9.18 Å². The van der Waals surface area contributed by atoms with Gasteiger partial charge in [-0.15, -0.1) is 0 Å². The van der Waals surface area contributed by atoms with Crippen molar-refractivity contribution in [3.63, 3.8) is 0 Å².